The molecule has 1 aromatic heterocycles. The summed E-state index contributed by atoms with van der Waals surface area (Å²) >= 11 is 0. The Morgan fingerprint density at radius 1 is 1.29 bits per heavy atom. The molecule has 0 aliphatic carbocycles. The van der Waals surface area contributed by atoms with E-state index in [1.54, 1.807) is 6.07 Å². The van der Waals surface area contributed by atoms with Crippen LogP contribution in [0.2, 0.25) is 0 Å². The number of aromatic amines is 1. The van der Waals surface area contributed by atoms with E-state index in [-0.39, 0.29) is 5.69 Å². The van der Waals surface area contributed by atoms with Crippen LogP contribution in [0.1, 0.15) is 47.4 Å². The topological polar surface area (TPSA) is 69.2 Å². The molecule has 0 spiro atoms. The van der Waals surface area contributed by atoms with Gasteiger partial charge in [0.25, 0.3) is 0 Å². The van der Waals surface area contributed by atoms with Crippen molar-refractivity contribution in [2.75, 3.05) is 6.54 Å². The van der Waals surface area contributed by atoms with E-state index in [1.807, 2.05) is 18.2 Å². The number of nitrogens with zero attached hydrogens (tertiary/aromatic N) is 2. The highest BCUT2D eigenvalue weighted by Gasteiger charge is 2.20. The highest BCUT2D eigenvalue weighted by atomic mass is 16.4. The van der Waals surface area contributed by atoms with Gasteiger partial charge in [0.1, 0.15) is 0 Å². The Bertz CT molecular complexity index is 694. The number of rotatable bonds is 5. The molecule has 1 fully saturated rings. The molecule has 0 radical (unpaired) electrons. The Balaban J connectivity index is 1.72. The van der Waals surface area contributed by atoms with Gasteiger partial charge in [0.2, 0.25) is 0 Å². The van der Waals surface area contributed by atoms with Crippen LogP contribution in [0.25, 0.3) is 6.08 Å². The fourth-order valence-electron chi connectivity index (χ4n) is 3.17. The third-order valence-corrected chi connectivity index (χ3v) is 4.45. The van der Waals surface area contributed by atoms with Crippen LogP contribution in [0, 0.1) is 0 Å². The molecule has 3 rings (SSSR count). The van der Waals surface area contributed by atoms with Crippen molar-refractivity contribution in [3.05, 3.63) is 59.4 Å². The average molecular weight is 325 g/mol. The van der Waals surface area contributed by atoms with Gasteiger partial charge in [-0.1, -0.05) is 55.3 Å². The summed E-state index contributed by atoms with van der Waals surface area (Å²) in [5, 5.41) is 15.7. The number of nitrogens with one attached hydrogen (secondary N) is 1. The molecule has 5 nitrogen and oxygen atoms in total. The summed E-state index contributed by atoms with van der Waals surface area (Å²) in [7, 11) is 0. The van der Waals surface area contributed by atoms with Crippen LogP contribution in [0.15, 0.2) is 42.5 Å². The van der Waals surface area contributed by atoms with Gasteiger partial charge in [0, 0.05) is 12.6 Å². The summed E-state index contributed by atoms with van der Waals surface area (Å²) in [6, 6.07) is 12.3. The molecule has 2 N–H and O–H groups in total. The smallest absolute Gasteiger partial charge is 0.356 e. The normalized spacial score (nSPS) is 19.4. The third-order valence-electron chi connectivity index (χ3n) is 4.45. The first-order valence-electron chi connectivity index (χ1n) is 8.47. The van der Waals surface area contributed by atoms with Gasteiger partial charge in [-0.15, -0.1) is 0 Å². The van der Waals surface area contributed by atoms with Gasteiger partial charge < -0.3 is 5.11 Å². The van der Waals surface area contributed by atoms with Crippen molar-refractivity contribution < 1.29 is 9.90 Å². The van der Waals surface area contributed by atoms with Crippen molar-refractivity contribution in [1.82, 2.24) is 15.1 Å². The SMILES string of the molecule is O=C(O)c1cc(CN2CCCCCC2/C=C/c2ccccc2)[nH]n1. The van der Waals surface area contributed by atoms with E-state index in [0.29, 0.717) is 12.6 Å². The van der Waals surface area contributed by atoms with Crippen LogP contribution >= 0.6 is 0 Å². The van der Waals surface area contributed by atoms with E-state index < -0.39 is 5.97 Å². The zero-order valence-corrected chi connectivity index (χ0v) is 13.7. The fraction of sp³-hybridized carbons (Fsp3) is 0.368. The van der Waals surface area contributed by atoms with E-state index in [1.165, 1.54) is 24.8 Å². The number of aromatic nitrogens is 2. The van der Waals surface area contributed by atoms with Gasteiger partial charge in [-0.25, -0.2) is 4.79 Å². The Labute approximate surface area is 142 Å². The number of hydrogen-bond acceptors (Lipinski definition) is 3. The third kappa shape index (κ3) is 4.32. The standard InChI is InChI=1S/C19H23N3O2/c23-19(24)18-13-16(20-21-18)14-22-12-6-2-5-9-17(22)11-10-15-7-3-1-4-8-15/h1,3-4,7-8,10-11,13,17H,2,5-6,9,12,14H2,(H,20,21)(H,23,24)/b11-10+. The molecule has 2 heterocycles. The summed E-state index contributed by atoms with van der Waals surface area (Å²) in [4.78, 5) is 13.4. The maximum atomic E-state index is 11.0. The molecule has 0 saturated carbocycles. The zero-order valence-electron chi connectivity index (χ0n) is 13.7. The molecule has 5 heteroatoms. The second-order valence-electron chi connectivity index (χ2n) is 6.24. The molecule has 1 aliphatic heterocycles. The highest BCUT2D eigenvalue weighted by Crippen LogP contribution is 2.21. The van der Waals surface area contributed by atoms with Crippen molar-refractivity contribution in [2.45, 2.75) is 38.3 Å². The number of likely N-dealkylation sites (tertiary alicyclic amines) is 1. The first-order valence-corrected chi connectivity index (χ1v) is 8.47. The summed E-state index contributed by atoms with van der Waals surface area (Å²) in [6.45, 7) is 1.72. The Morgan fingerprint density at radius 2 is 2.12 bits per heavy atom. The molecule has 1 saturated heterocycles. The number of H-pyrrole nitrogens is 1. The largest absolute Gasteiger partial charge is 0.476 e. The Kier molecular flexibility index (Phi) is 5.43. The predicted molar refractivity (Wildman–Crippen MR) is 93.7 cm³/mol. The molecule has 24 heavy (non-hydrogen) atoms. The number of carboxylic acids is 1. The van der Waals surface area contributed by atoms with Crippen molar-refractivity contribution in [1.29, 1.82) is 0 Å². The Morgan fingerprint density at radius 3 is 2.88 bits per heavy atom. The Hall–Kier alpha value is -2.40. The minimum Gasteiger partial charge on any atom is -0.476 e. The van der Waals surface area contributed by atoms with Gasteiger partial charge in [-0.2, -0.15) is 5.10 Å². The van der Waals surface area contributed by atoms with Gasteiger partial charge in [0.15, 0.2) is 5.69 Å². The molecule has 1 aromatic carbocycles. The molecule has 1 atom stereocenters. The summed E-state index contributed by atoms with van der Waals surface area (Å²) in [5.41, 5.74) is 2.14. The summed E-state index contributed by atoms with van der Waals surface area (Å²) < 4.78 is 0. The van der Waals surface area contributed by atoms with E-state index in [2.05, 4.69) is 39.4 Å². The summed E-state index contributed by atoms with van der Waals surface area (Å²) in [5.74, 6) is -0.992. The fourth-order valence-corrected chi connectivity index (χ4v) is 3.17. The number of hydrogen-bond donors (Lipinski definition) is 2. The quantitative estimate of drug-likeness (QED) is 0.882. The van der Waals surface area contributed by atoms with Gasteiger partial charge in [-0.05, 0) is 31.0 Å². The van der Waals surface area contributed by atoms with Crippen LogP contribution < -0.4 is 0 Å². The van der Waals surface area contributed by atoms with E-state index in [4.69, 9.17) is 5.11 Å². The molecule has 126 valence electrons. The lowest BCUT2D eigenvalue weighted by molar-refractivity contribution is 0.0690. The minimum atomic E-state index is -0.992. The van der Waals surface area contributed by atoms with Gasteiger partial charge >= 0.3 is 5.97 Å². The predicted octanol–water partition coefficient (Wildman–Crippen LogP) is 3.57. The average Bonchev–Trinajstić information content (AvgIpc) is 2.95. The number of carboxylic acid groups (broad SMARTS) is 1. The van der Waals surface area contributed by atoms with Crippen molar-refractivity contribution in [3.63, 3.8) is 0 Å². The van der Waals surface area contributed by atoms with Crippen LogP contribution in [0.5, 0.6) is 0 Å². The van der Waals surface area contributed by atoms with Gasteiger partial charge in [0.05, 0.1) is 5.69 Å². The van der Waals surface area contributed by atoms with E-state index >= 15 is 0 Å². The second kappa shape index (κ2) is 7.93. The lowest BCUT2D eigenvalue weighted by Gasteiger charge is -2.27. The lowest BCUT2D eigenvalue weighted by Crippen LogP contribution is -2.33. The molecule has 0 amide bonds. The monoisotopic (exact) mass is 325 g/mol. The highest BCUT2D eigenvalue weighted by molar-refractivity contribution is 5.85. The first kappa shape index (κ1) is 16.5. The van der Waals surface area contributed by atoms with Gasteiger partial charge in [-0.3, -0.25) is 10.00 Å². The summed E-state index contributed by atoms with van der Waals surface area (Å²) in [6.07, 6.45) is 9.23. The molecular weight excluding hydrogens is 302 g/mol. The number of benzene rings is 1. The molecule has 1 aliphatic rings. The lowest BCUT2D eigenvalue weighted by atomic mass is 10.1. The zero-order chi connectivity index (χ0) is 16.8. The molecule has 1 unspecified atom stereocenters. The van der Waals surface area contributed by atoms with Crippen LogP contribution in [0.4, 0.5) is 0 Å². The number of aromatic carboxylic acids is 1. The molecule has 2 aromatic rings. The van der Waals surface area contributed by atoms with Crippen molar-refractivity contribution in [3.8, 4) is 0 Å². The first-order chi connectivity index (χ1) is 11.7. The van der Waals surface area contributed by atoms with E-state index in [9.17, 15) is 4.79 Å². The molecular formula is C19H23N3O2. The van der Waals surface area contributed by atoms with Crippen LogP contribution in [-0.4, -0.2) is 38.8 Å². The minimum absolute atomic E-state index is 0.0798. The maximum absolute atomic E-state index is 11.0. The van der Waals surface area contributed by atoms with Crippen molar-refractivity contribution >= 4 is 12.0 Å². The van der Waals surface area contributed by atoms with E-state index in [0.717, 1.165) is 18.7 Å². The maximum Gasteiger partial charge on any atom is 0.356 e. The molecule has 0 bridgehead atoms. The van der Waals surface area contributed by atoms with Crippen molar-refractivity contribution in [2.24, 2.45) is 0 Å². The second-order valence-corrected chi connectivity index (χ2v) is 6.24. The van der Waals surface area contributed by atoms with Crippen LogP contribution in [-0.2, 0) is 6.54 Å². The number of carbonyl (C=O) groups is 1. The van der Waals surface area contributed by atoms with Crippen LogP contribution in [0.3, 0.4) is 0 Å².